The SMILES string of the molecule is O=C(NC(CCOc1ccc([N+](=O)[O-])cc1)Cn1ccnc1)c1ccc(I)cc1. The number of non-ortho nitro benzene ring substituents is 1. The minimum Gasteiger partial charge on any atom is -0.494 e. The van der Waals surface area contributed by atoms with Crippen molar-refractivity contribution in [2.75, 3.05) is 6.61 Å². The van der Waals surface area contributed by atoms with Crippen LogP contribution in [0.25, 0.3) is 0 Å². The van der Waals surface area contributed by atoms with E-state index in [9.17, 15) is 14.9 Å². The number of imidazole rings is 1. The Bertz CT molecular complexity index is 944. The number of carbonyl (C=O) groups excluding carboxylic acids is 1. The lowest BCUT2D eigenvalue weighted by atomic mass is 10.1. The van der Waals surface area contributed by atoms with E-state index in [1.165, 1.54) is 12.1 Å². The third kappa shape index (κ3) is 6.28. The summed E-state index contributed by atoms with van der Waals surface area (Å²) in [6.45, 7) is 0.907. The largest absolute Gasteiger partial charge is 0.494 e. The molecule has 2 aromatic carbocycles. The molecule has 8 nitrogen and oxygen atoms in total. The zero-order valence-electron chi connectivity index (χ0n) is 15.4. The second-order valence-electron chi connectivity index (χ2n) is 6.32. The molecule has 3 rings (SSSR count). The quantitative estimate of drug-likeness (QED) is 0.271. The van der Waals surface area contributed by atoms with Gasteiger partial charge in [0.25, 0.3) is 11.6 Å². The Labute approximate surface area is 181 Å². The first-order chi connectivity index (χ1) is 14.0. The van der Waals surface area contributed by atoms with Crippen LogP contribution in [0.4, 0.5) is 5.69 Å². The summed E-state index contributed by atoms with van der Waals surface area (Å²) >= 11 is 2.19. The Hall–Kier alpha value is -2.95. The Morgan fingerprint density at radius 1 is 1.21 bits per heavy atom. The minimum atomic E-state index is -0.453. The van der Waals surface area contributed by atoms with Crippen molar-refractivity contribution in [2.45, 2.75) is 19.0 Å². The minimum absolute atomic E-state index is 0.0140. The molecular weight excluding hydrogens is 487 g/mol. The Morgan fingerprint density at radius 3 is 2.55 bits per heavy atom. The fourth-order valence-electron chi connectivity index (χ4n) is 2.71. The number of ether oxygens (including phenoxy) is 1. The number of amides is 1. The highest BCUT2D eigenvalue weighted by atomic mass is 127. The molecule has 0 spiro atoms. The molecule has 0 saturated carbocycles. The van der Waals surface area contributed by atoms with Gasteiger partial charge in [0.15, 0.2) is 0 Å². The molecule has 150 valence electrons. The first-order valence-corrected chi connectivity index (χ1v) is 9.98. The van der Waals surface area contributed by atoms with Crippen molar-refractivity contribution in [1.29, 1.82) is 0 Å². The van der Waals surface area contributed by atoms with E-state index in [0.717, 1.165) is 3.57 Å². The van der Waals surface area contributed by atoms with Crippen LogP contribution in [0.3, 0.4) is 0 Å². The molecule has 0 radical (unpaired) electrons. The molecule has 0 bridgehead atoms. The lowest BCUT2D eigenvalue weighted by molar-refractivity contribution is -0.384. The number of halogens is 1. The molecule has 1 N–H and O–H groups in total. The number of nitro benzene ring substituents is 1. The van der Waals surface area contributed by atoms with E-state index in [1.807, 2.05) is 22.9 Å². The number of carbonyl (C=O) groups is 1. The fraction of sp³-hybridized carbons (Fsp3) is 0.200. The van der Waals surface area contributed by atoms with Crippen LogP contribution < -0.4 is 10.1 Å². The van der Waals surface area contributed by atoms with Crippen LogP contribution in [0.15, 0.2) is 67.3 Å². The molecule has 0 aliphatic heterocycles. The molecule has 29 heavy (non-hydrogen) atoms. The predicted octanol–water partition coefficient (Wildman–Crippen LogP) is 3.66. The van der Waals surface area contributed by atoms with Crippen molar-refractivity contribution >= 4 is 34.2 Å². The maximum absolute atomic E-state index is 12.6. The first kappa shape index (κ1) is 20.8. The number of nitrogens with zero attached hydrogens (tertiary/aromatic N) is 3. The van der Waals surface area contributed by atoms with Crippen molar-refractivity contribution < 1.29 is 14.5 Å². The zero-order chi connectivity index (χ0) is 20.6. The van der Waals surface area contributed by atoms with Gasteiger partial charge < -0.3 is 14.6 Å². The fourth-order valence-corrected chi connectivity index (χ4v) is 3.07. The van der Waals surface area contributed by atoms with Gasteiger partial charge in [-0.3, -0.25) is 14.9 Å². The van der Waals surface area contributed by atoms with Gasteiger partial charge in [-0.05, 0) is 59.0 Å². The van der Waals surface area contributed by atoms with Crippen molar-refractivity contribution in [3.8, 4) is 5.75 Å². The van der Waals surface area contributed by atoms with Gasteiger partial charge in [-0.25, -0.2) is 4.98 Å². The highest BCUT2D eigenvalue weighted by Gasteiger charge is 2.15. The molecule has 0 saturated heterocycles. The average Bonchev–Trinajstić information content (AvgIpc) is 3.22. The molecule has 1 heterocycles. The van der Waals surface area contributed by atoms with Crippen LogP contribution in [0.2, 0.25) is 0 Å². The number of nitro groups is 1. The van der Waals surface area contributed by atoms with Gasteiger partial charge in [0.05, 0.1) is 23.9 Å². The zero-order valence-corrected chi connectivity index (χ0v) is 17.6. The predicted molar refractivity (Wildman–Crippen MR) is 116 cm³/mol. The summed E-state index contributed by atoms with van der Waals surface area (Å²) in [5, 5.41) is 13.8. The average molecular weight is 506 g/mol. The Balaban J connectivity index is 1.59. The number of hydrogen-bond donors (Lipinski definition) is 1. The highest BCUT2D eigenvalue weighted by molar-refractivity contribution is 14.1. The van der Waals surface area contributed by atoms with Crippen LogP contribution in [-0.4, -0.2) is 33.0 Å². The van der Waals surface area contributed by atoms with E-state index in [4.69, 9.17) is 4.74 Å². The monoisotopic (exact) mass is 506 g/mol. The third-order valence-corrected chi connectivity index (χ3v) is 4.93. The number of hydrogen-bond acceptors (Lipinski definition) is 5. The lowest BCUT2D eigenvalue weighted by Gasteiger charge is -2.20. The topological polar surface area (TPSA) is 99.3 Å². The molecule has 1 amide bonds. The Morgan fingerprint density at radius 2 is 1.93 bits per heavy atom. The summed E-state index contributed by atoms with van der Waals surface area (Å²) in [5.74, 6) is 0.391. The normalized spacial score (nSPS) is 11.6. The molecule has 1 atom stereocenters. The smallest absolute Gasteiger partial charge is 0.269 e. The maximum atomic E-state index is 12.6. The maximum Gasteiger partial charge on any atom is 0.269 e. The van der Waals surface area contributed by atoms with Crippen LogP contribution >= 0.6 is 22.6 Å². The van der Waals surface area contributed by atoms with Gasteiger partial charge >= 0.3 is 0 Å². The summed E-state index contributed by atoms with van der Waals surface area (Å²) in [5.41, 5.74) is 0.609. The summed E-state index contributed by atoms with van der Waals surface area (Å²) in [6.07, 6.45) is 5.78. The molecule has 9 heteroatoms. The molecule has 1 unspecified atom stereocenters. The van der Waals surface area contributed by atoms with E-state index < -0.39 is 4.92 Å². The highest BCUT2D eigenvalue weighted by Crippen LogP contribution is 2.17. The van der Waals surface area contributed by atoms with E-state index in [2.05, 4.69) is 32.9 Å². The van der Waals surface area contributed by atoms with Crippen molar-refractivity contribution in [3.63, 3.8) is 0 Å². The summed E-state index contributed by atoms with van der Waals surface area (Å²) in [4.78, 5) is 26.9. The van der Waals surface area contributed by atoms with Crippen molar-refractivity contribution in [1.82, 2.24) is 14.9 Å². The van der Waals surface area contributed by atoms with E-state index in [1.54, 1.807) is 36.8 Å². The van der Waals surface area contributed by atoms with Gasteiger partial charge in [0, 0.05) is 46.6 Å². The van der Waals surface area contributed by atoms with Gasteiger partial charge in [-0.15, -0.1) is 0 Å². The summed E-state index contributed by atoms with van der Waals surface area (Å²) < 4.78 is 8.65. The number of nitrogens with one attached hydrogen (secondary N) is 1. The van der Waals surface area contributed by atoms with Crippen LogP contribution in [0, 0.1) is 13.7 Å². The number of benzene rings is 2. The molecule has 1 aromatic heterocycles. The van der Waals surface area contributed by atoms with Gasteiger partial charge in [0.2, 0.25) is 0 Å². The summed E-state index contributed by atoms with van der Waals surface area (Å²) in [6, 6.07) is 13.1. The molecule has 0 aliphatic rings. The molecular formula is C20H19IN4O4. The van der Waals surface area contributed by atoms with E-state index >= 15 is 0 Å². The number of rotatable bonds is 9. The van der Waals surface area contributed by atoms with Crippen molar-refractivity contribution in [3.05, 3.63) is 86.5 Å². The molecule has 0 fully saturated rings. The van der Waals surface area contributed by atoms with Gasteiger partial charge in [-0.1, -0.05) is 0 Å². The first-order valence-electron chi connectivity index (χ1n) is 8.90. The Kier molecular flexibility index (Phi) is 7.17. The van der Waals surface area contributed by atoms with Crippen LogP contribution in [0.1, 0.15) is 16.8 Å². The van der Waals surface area contributed by atoms with Gasteiger partial charge in [0.1, 0.15) is 5.75 Å². The van der Waals surface area contributed by atoms with Crippen molar-refractivity contribution in [2.24, 2.45) is 0 Å². The second-order valence-corrected chi connectivity index (χ2v) is 7.57. The molecule has 3 aromatic rings. The van der Waals surface area contributed by atoms with E-state index in [-0.39, 0.29) is 17.6 Å². The molecule has 0 aliphatic carbocycles. The third-order valence-electron chi connectivity index (χ3n) is 4.21. The standard InChI is InChI=1S/C20H19IN4O4/c21-16-3-1-15(2-4-16)20(26)23-17(13-24-11-10-22-14-24)9-12-29-19-7-5-18(6-8-19)25(27)28/h1-8,10-11,14,17H,9,12-13H2,(H,23,26). The van der Waals surface area contributed by atoms with Gasteiger partial charge in [-0.2, -0.15) is 0 Å². The van der Waals surface area contributed by atoms with E-state index in [0.29, 0.717) is 30.9 Å². The summed E-state index contributed by atoms with van der Waals surface area (Å²) in [7, 11) is 0. The second kappa shape index (κ2) is 10.0. The lowest BCUT2D eigenvalue weighted by Crippen LogP contribution is -2.39. The van der Waals surface area contributed by atoms with Crippen LogP contribution in [-0.2, 0) is 6.54 Å². The number of aromatic nitrogens is 2. The van der Waals surface area contributed by atoms with Crippen LogP contribution in [0.5, 0.6) is 5.75 Å².